The van der Waals surface area contributed by atoms with Gasteiger partial charge in [0.2, 0.25) is 0 Å². The summed E-state index contributed by atoms with van der Waals surface area (Å²) in [6.07, 6.45) is -0.885. The summed E-state index contributed by atoms with van der Waals surface area (Å²) in [6, 6.07) is 11.3. The van der Waals surface area contributed by atoms with Crippen molar-refractivity contribution in [2.45, 2.75) is 20.0 Å². The molecule has 3 rings (SSSR count). The summed E-state index contributed by atoms with van der Waals surface area (Å²) in [6.45, 7) is 3.68. The Labute approximate surface area is 134 Å². The molecule has 6 heteroatoms. The van der Waals surface area contributed by atoms with Gasteiger partial charge in [-0.2, -0.15) is 5.10 Å². The molecule has 1 atom stereocenters. The highest BCUT2D eigenvalue weighted by atomic mass is 16.5. The van der Waals surface area contributed by atoms with Crippen LogP contribution in [0.1, 0.15) is 11.4 Å². The first-order chi connectivity index (χ1) is 11.1. The van der Waals surface area contributed by atoms with Crippen LogP contribution in [-0.4, -0.2) is 44.1 Å². The Kier molecular flexibility index (Phi) is 4.27. The molecule has 23 heavy (non-hydrogen) atoms. The number of hydrogen-bond acceptors (Lipinski definition) is 5. The molecule has 2 heterocycles. The lowest BCUT2D eigenvalue weighted by Gasteiger charge is -2.11. The maximum absolute atomic E-state index is 9.36. The number of rotatable bonds is 5. The minimum Gasteiger partial charge on any atom is -0.491 e. The van der Waals surface area contributed by atoms with Gasteiger partial charge in [0.05, 0.1) is 23.7 Å². The number of benzene rings is 1. The number of aliphatic hydroxyl groups is 2. The molecule has 0 saturated carbocycles. The van der Waals surface area contributed by atoms with Crippen LogP contribution in [0, 0.1) is 13.8 Å². The van der Waals surface area contributed by atoms with E-state index in [0.717, 1.165) is 28.3 Å². The average molecular weight is 313 g/mol. The highest BCUT2D eigenvalue weighted by Gasteiger charge is 2.09. The van der Waals surface area contributed by atoms with Crippen molar-refractivity contribution in [1.82, 2.24) is 14.6 Å². The van der Waals surface area contributed by atoms with Crippen molar-refractivity contribution in [3.63, 3.8) is 0 Å². The monoisotopic (exact) mass is 313 g/mol. The van der Waals surface area contributed by atoms with E-state index in [9.17, 15) is 5.11 Å². The second kappa shape index (κ2) is 6.36. The molecule has 2 N–H and O–H groups in total. The minimum absolute atomic E-state index is 0.0479. The van der Waals surface area contributed by atoms with E-state index in [4.69, 9.17) is 9.84 Å². The number of aryl methyl sites for hydroxylation is 2. The molecule has 1 unspecified atom stereocenters. The molecule has 1 aromatic carbocycles. The average Bonchev–Trinajstić information content (AvgIpc) is 2.87. The van der Waals surface area contributed by atoms with Gasteiger partial charge in [-0.25, -0.2) is 9.50 Å². The van der Waals surface area contributed by atoms with E-state index < -0.39 is 6.10 Å². The Morgan fingerprint density at radius 2 is 2.04 bits per heavy atom. The van der Waals surface area contributed by atoms with Gasteiger partial charge in [-0.05, 0) is 38.1 Å². The van der Waals surface area contributed by atoms with Crippen molar-refractivity contribution < 1.29 is 14.9 Å². The summed E-state index contributed by atoms with van der Waals surface area (Å²) >= 11 is 0. The third-order valence-electron chi connectivity index (χ3n) is 3.72. The number of aliphatic hydroxyl groups excluding tert-OH is 2. The molecule has 0 aliphatic rings. The van der Waals surface area contributed by atoms with Crippen molar-refractivity contribution in [1.29, 1.82) is 0 Å². The third-order valence-corrected chi connectivity index (χ3v) is 3.72. The summed E-state index contributed by atoms with van der Waals surface area (Å²) in [7, 11) is 0. The molecule has 0 aliphatic carbocycles. The predicted octanol–water partition coefficient (Wildman–Crippen LogP) is 1.75. The summed E-state index contributed by atoms with van der Waals surface area (Å²) < 4.78 is 7.31. The standard InChI is InChI=1S/C17H19N3O3/c1-11-12(2)20-17(18-11)7-6-16(19-20)13-4-3-5-15(8-13)23-10-14(22)9-21/h3-8,14,21-22H,9-10H2,1-2H3. The van der Waals surface area contributed by atoms with E-state index in [1.807, 2.05) is 48.7 Å². The molecule has 0 fully saturated rings. The number of nitrogens with zero attached hydrogens (tertiary/aromatic N) is 3. The highest BCUT2D eigenvalue weighted by molar-refractivity contribution is 5.62. The van der Waals surface area contributed by atoms with Gasteiger partial charge >= 0.3 is 0 Å². The van der Waals surface area contributed by atoms with E-state index in [-0.39, 0.29) is 13.2 Å². The Hall–Kier alpha value is -2.44. The number of imidazole rings is 1. The molecule has 0 radical (unpaired) electrons. The minimum atomic E-state index is -0.885. The number of fused-ring (bicyclic) bond motifs is 1. The lowest BCUT2D eigenvalue weighted by Crippen LogP contribution is -2.21. The van der Waals surface area contributed by atoms with E-state index in [0.29, 0.717) is 5.75 Å². The molecule has 2 aromatic heterocycles. The van der Waals surface area contributed by atoms with E-state index in [2.05, 4.69) is 10.1 Å². The van der Waals surface area contributed by atoms with Gasteiger partial charge in [0, 0.05) is 5.56 Å². The maximum Gasteiger partial charge on any atom is 0.154 e. The largest absolute Gasteiger partial charge is 0.491 e. The van der Waals surface area contributed by atoms with Crippen LogP contribution in [0.5, 0.6) is 5.75 Å². The van der Waals surface area contributed by atoms with Crippen molar-refractivity contribution in [3.05, 3.63) is 47.8 Å². The summed E-state index contributed by atoms with van der Waals surface area (Å²) in [5.41, 5.74) is 4.52. The molecule has 120 valence electrons. The van der Waals surface area contributed by atoms with Gasteiger partial charge in [0.25, 0.3) is 0 Å². The van der Waals surface area contributed by atoms with Crippen LogP contribution in [0.3, 0.4) is 0 Å². The van der Waals surface area contributed by atoms with Gasteiger partial charge in [-0.3, -0.25) is 0 Å². The van der Waals surface area contributed by atoms with Crippen molar-refractivity contribution >= 4 is 5.65 Å². The summed E-state index contributed by atoms with van der Waals surface area (Å²) in [5.74, 6) is 0.621. The molecule has 6 nitrogen and oxygen atoms in total. The fourth-order valence-electron chi connectivity index (χ4n) is 2.30. The van der Waals surface area contributed by atoms with Crippen molar-refractivity contribution in [3.8, 4) is 17.0 Å². The first-order valence-electron chi connectivity index (χ1n) is 7.43. The normalized spacial score (nSPS) is 12.5. The van der Waals surface area contributed by atoms with Crippen LogP contribution in [0.4, 0.5) is 0 Å². The first kappa shape index (κ1) is 15.5. The van der Waals surface area contributed by atoms with E-state index in [1.54, 1.807) is 6.07 Å². The molecule has 0 bridgehead atoms. The van der Waals surface area contributed by atoms with Crippen molar-refractivity contribution in [2.75, 3.05) is 13.2 Å². The molecular formula is C17H19N3O3. The molecule has 0 spiro atoms. The van der Waals surface area contributed by atoms with Crippen LogP contribution in [-0.2, 0) is 0 Å². The van der Waals surface area contributed by atoms with Crippen LogP contribution in [0.25, 0.3) is 16.9 Å². The Bertz CT molecular complexity index is 829. The topological polar surface area (TPSA) is 79.9 Å². The predicted molar refractivity (Wildman–Crippen MR) is 86.5 cm³/mol. The molecular weight excluding hydrogens is 294 g/mol. The van der Waals surface area contributed by atoms with Gasteiger partial charge in [-0.1, -0.05) is 12.1 Å². The van der Waals surface area contributed by atoms with Gasteiger partial charge < -0.3 is 14.9 Å². The lowest BCUT2D eigenvalue weighted by atomic mass is 10.1. The zero-order valence-electron chi connectivity index (χ0n) is 13.1. The zero-order valence-corrected chi connectivity index (χ0v) is 13.1. The SMILES string of the molecule is Cc1nc2ccc(-c3cccc(OCC(O)CO)c3)nn2c1C. The Balaban J connectivity index is 1.90. The van der Waals surface area contributed by atoms with Crippen LogP contribution < -0.4 is 4.74 Å². The highest BCUT2D eigenvalue weighted by Crippen LogP contribution is 2.23. The fourth-order valence-corrected chi connectivity index (χ4v) is 2.30. The van der Waals surface area contributed by atoms with Gasteiger partial charge in [-0.15, -0.1) is 0 Å². The fraction of sp³-hybridized carbons (Fsp3) is 0.294. The smallest absolute Gasteiger partial charge is 0.154 e. The van der Waals surface area contributed by atoms with Crippen LogP contribution >= 0.6 is 0 Å². The number of aromatic nitrogens is 3. The van der Waals surface area contributed by atoms with E-state index >= 15 is 0 Å². The van der Waals surface area contributed by atoms with Crippen LogP contribution in [0.2, 0.25) is 0 Å². The first-order valence-corrected chi connectivity index (χ1v) is 7.43. The lowest BCUT2D eigenvalue weighted by molar-refractivity contribution is 0.0536. The second-order valence-electron chi connectivity index (χ2n) is 5.45. The second-order valence-corrected chi connectivity index (χ2v) is 5.45. The molecule has 0 amide bonds. The molecule has 3 aromatic rings. The number of hydrogen-bond donors (Lipinski definition) is 2. The van der Waals surface area contributed by atoms with E-state index in [1.165, 1.54) is 0 Å². The summed E-state index contributed by atoms with van der Waals surface area (Å²) in [5, 5.41) is 22.8. The summed E-state index contributed by atoms with van der Waals surface area (Å²) in [4.78, 5) is 4.45. The molecule has 0 aliphatic heterocycles. The Morgan fingerprint density at radius 3 is 2.83 bits per heavy atom. The molecule has 0 saturated heterocycles. The third kappa shape index (κ3) is 3.18. The zero-order chi connectivity index (χ0) is 16.4. The van der Waals surface area contributed by atoms with Gasteiger partial charge in [0.1, 0.15) is 18.5 Å². The number of ether oxygens (including phenoxy) is 1. The maximum atomic E-state index is 9.36. The quantitative estimate of drug-likeness (QED) is 0.750. The van der Waals surface area contributed by atoms with Crippen molar-refractivity contribution in [2.24, 2.45) is 0 Å². The Morgan fingerprint density at radius 1 is 1.22 bits per heavy atom. The van der Waals surface area contributed by atoms with Crippen LogP contribution in [0.15, 0.2) is 36.4 Å². The van der Waals surface area contributed by atoms with Gasteiger partial charge in [0.15, 0.2) is 5.65 Å².